The van der Waals surface area contributed by atoms with Crippen LogP contribution >= 0.6 is 23.4 Å². The van der Waals surface area contributed by atoms with E-state index in [2.05, 4.69) is 4.98 Å². The van der Waals surface area contributed by atoms with Gasteiger partial charge in [0.1, 0.15) is 11.1 Å². The largest absolute Gasteiger partial charge is 0.272 e. The molecule has 0 radical (unpaired) electrons. The van der Waals surface area contributed by atoms with E-state index in [-0.39, 0.29) is 11.2 Å². The van der Waals surface area contributed by atoms with E-state index in [1.807, 2.05) is 67.6 Å². The Morgan fingerprint density at radius 1 is 1.04 bits per heavy atom. The van der Waals surface area contributed by atoms with E-state index in [1.54, 1.807) is 22.9 Å². The van der Waals surface area contributed by atoms with Gasteiger partial charge in [-0.05, 0) is 42.8 Å². The second-order valence-corrected chi connectivity index (χ2v) is 7.37. The van der Waals surface area contributed by atoms with Crippen LogP contribution in [-0.2, 0) is 4.79 Å². The number of halogens is 1. The third-order valence-electron chi connectivity index (χ3n) is 4.23. The van der Waals surface area contributed by atoms with Crippen molar-refractivity contribution in [1.29, 1.82) is 0 Å². The molecule has 0 saturated heterocycles. The molecule has 25 heavy (non-hydrogen) atoms. The zero-order valence-electron chi connectivity index (χ0n) is 13.5. The summed E-state index contributed by atoms with van der Waals surface area (Å²) in [4.78, 5) is 20.5. The third kappa shape index (κ3) is 2.81. The molecule has 2 heterocycles. The number of carbonyl (C=O) groups excluding carboxylic acids is 1. The lowest BCUT2D eigenvalue weighted by atomic mass is 10.2. The van der Waals surface area contributed by atoms with Crippen LogP contribution in [0.15, 0.2) is 71.8 Å². The molecule has 1 aliphatic heterocycles. The molecule has 1 unspecified atom stereocenters. The van der Waals surface area contributed by atoms with E-state index < -0.39 is 0 Å². The van der Waals surface area contributed by atoms with E-state index in [0.717, 1.165) is 21.7 Å². The Kier molecular flexibility index (Phi) is 4.24. The van der Waals surface area contributed by atoms with Crippen molar-refractivity contribution in [3.05, 3.63) is 83.0 Å². The van der Waals surface area contributed by atoms with Gasteiger partial charge in [-0.3, -0.25) is 9.69 Å². The molecule has 1 atom stereocenters. The second-order valence-electron chi connectivity index (χ2n) is 5.78. The summed E-state index contributed by atoms with van der Waals surface area (Å²) < 4.78 is 0. The fourth-order valence-corrected chi connectivity index (χ4v) is 4.25. The number of pyridine rings is 1. The molecule has 0 bridgehead atoms. The topological polar surface area (TPSA) is 33.2 Å². The summed E-state index contributed by atoms with van der Waals surface area (Å²) in [6.45, 7) is 1.92. The number of aromatic nitrogens is 1. The molecule has 3 aromatic rings. The fraction of sp³-hybridized carbons (Fsp3) is 0.100. The molecule has 1 aromatic heterocycles. The highest BCUT2D eigenvalue weighted by Crippen LogP contribution is 2.48. The van der Waals surface area contributed by atoms with Gasteiger partial charge in [-0.1, -0.05) is 41.9 Å². The molecule has 4 rings (SSSR count). The Labute approximate surface area is 155 Å². The van der Waals surface area contributed by atoms with Crippen LogP contribution in [0, 0.1) is 6.92 Å². The van der Waals surface area contributed by atoms with Crippen molar-refractivity contribution in [2.45, 2.75) is 17.1 Å². The lowest BCUT2D eigenvalue weighted by Crippen LogP contribution is -2.24. The molecule has 0 aliphatic carbocycles. The summed E-state index contributed by atoms with van der Waals surface area (Å²) >= 11 is 7.82. The smallest absolute Gasteiger partial charge is 0.250 e. The van der Waals surface area contributed by atoms with Crippen LogP contribution in [0.1, 0.15) is 16.4 Å². The van der Waals surface area contributed by atoms with Gasteiger partial charge in [0.15, 0.2) is 0 Å². The molecule has 124 valence electrons. The lowest BCUT2D eigenvalue weighted by Gasteiger charge is -2.20. The number of rotatable bonds is 3. The number of anilines is 2. The van der Waals surface area contributed by atoms with Crippen LogP contribution in [0.25, 0.3) is 0 Å². The minimum atomic E-state index is -0.315. The molecule has 1 amide bonds. The van der Waals surface area contributed by atoms with Crippen molar-refractivity contribution in [2.75, 3.05) is 4.90 Å². The molecule has 0 saturated carbocycles. The van der Waals surface area contributed by atoms with Gasteiger partial charge in [0, 0.05) is 21.7 Å². The number of carbonyl (C=O) groups is 1. The molecular weight excluding hydrogens is 352 g/mol. The summed E-state index contributed by atoms with van der Waals surface area (Å²) in [5, 5.41) is 0.325. The Morgan fingerprint density at radius 2 is 1.84 bits per heavy atom. The van der Waals surface area contributed by atoms with Crippen molar-refractivity contribution in [2.24, 2.45) is 0 Å². The number of nitrogens with zero attached hydrogens (tertiary/aromatic N) is 2. The van der Waals surface area contributed by atoms with Crippen LogP contribution < -0.4 is 4.90 Å². The first-order valence-corrected chi connectivity index (χ1v) is 9.18. The maximum Gasteiger partial charge on any atom is 0.250 e. The summed E-state index contributed by atoms with van der Waals surface area (Å²) in [6, 6.07) is 19.4. The molecule has 5 heteroatoms. The van der Waals surface area contributed by atoms with Gasteiger partial charge in [-0.15, -0.1) is 11.8 Å². The van der Waals surface area contributed by atoms with Gasteiger partial charge in [-0.2, -0.15) is 0 Å². The van der Waals surface area contributed by atoms with E-state index in [4.69, 9.17) is 11.6 Å². The van der Waals surface area contributed by atoms with Crippen molar-refractivity contribution >= 4 is 40.8 Å². The Balaban J connectivity index is 1.80. The van der Waals surface area contributed by atoms with Gasteiger partial charge in [-0.25, -0.2) is 4.98 Å². The van der Waals surface area contributed by atoms with E-state index in [9.17, 15) is 4.79 Å². The fourth-order valence-electron chi connectivity index (χ4n) is 2.98. The Morgan fingerprint density at radius 3 is 2.64 bits per heavy atom. The van der Waals surface area contributed by atoms with Crippen molar-refractivity contribution in [3.8, 4) is 0 Å². The molecule has 0 N–H and O–H groups in total. The van der Waals surface area contributed by atoms with E-state index in [1.165, 1.54) is 0 Å². The van der Waals surface area contributed by atoms with E-state index >= 15 is 0 Å². The zero-order chi connectivity index (χ0) is 17.4. The van der Waals surface area contributed by atoms with Crippen molar-refractivity contribution in [1.82, 2.24) is 4.98 Å². The molecule has 2 aromatic carbocycles. The molecular formula is C20H15ClN2OS. The van der Waals surface area contributed by atoms with E-state index in [0.29, 0.717) is 10.8 Å². The maximum absolute atomic E-state index is 13.3. The molecule has 3 nitrogen and oxygen atoms in total. The number of thioether (sulfide) groups is 1. The first kappa shape index (κ1) is 16.2. The average Bonchev–Trinajstić information content (AvgIpc) is 2.91. The number of fused-ring (bicyclic) bond motifs is 1. The average molecular weight is 367 g/mol. The van der Waals surface area contributed by atoms with Gasteiger partial charge < -0.3 is 0 Å². The first-order valence-electron chi connectivity index (χ1n) is 7.92. The van der Waals surface area contributed by atoms with Gasteiger partial charge in [0.2, 0.25) is 0 Å². The van der Waals surface area contributed by atoms with Crippen LogP contribution in [0.3, 0.4) is 0 Å². The highest BCUT2D eigenvalue weighted by molar-refractivity contribution is 8.00. The summed E-state index contributed by atoms with van der Waals surface area (Å²) in [7, 11) is 0. The highest BCUT2D eigenvalue weighted by atomic mass is 35.5. The summed E-state index contributed by atoms with van der Waals surface area (Å²) in [6.07, 6.45) is 1.72. The summed E-state index contributed by atoms with van der Waals surface area (Å²) in [5.41, 5.74) is 2.59. The number of benzene rings is 2. The Hall–Kier alpha value is -2.30. The number of amides is 1. The lowest BCUT2D eigenvalue weighted by molar-refractivity contribution is -0.116. The van der Waals surface area contributed by atoms with Crippen molar-refractivity contribution < 1.29 is 4.79 Å². The van der Waals surface area contributed by atoms with Crippen LogP contribution in [0.4, 0.5) is 11.5 Å². The van der Waals surface area contributed by atoms with Gasteiger partial charge >= 0.3 is 0 Å². The monoisotopic (exact) mass is 366 g/mol. The number of hydrogen-bond donors (Lipinski definition) is 0. The van der Waals surface area contributed by atoms with Crippen LogP contribution in [-0.4, -0.2) is 10.9 Å². The maximum atomic E-state index is 13.3. The van der Waals surface area contributed by atoms with Crippen molar-refractivity contribution in [3.63, 3.8) is 0 Å². The second kappa shape index (κ2) is 6.54. The molecule has 1 aliphatic rings. The predicted molar refractivity (Wildman–Crippen MR) is 103 cm³/mol. The quantitative estimate of drug-likeness (QED) is 0.608. The van der Waals surface area contributed by atoms with Crippen LogP contribution in [0.2, 0.25) is 5.02 Å². The molecule has 0 spiro atoms. The minimum Gasteiger partial charge on any atom is -0.272 e. The highest BCUT2D eigenvalue weighted by Gasteiger charge is 2.40. The SMILES string of the molecule is Cc1c(Cl)cccc1N1C(=O)C(Sc2ccccc2)c2cccnc21. The molecule has 0 fully saturated rings. The normalized spacial score (nSPS) is 16.2. The minimum absolute atomic E-state index is 0.00733. The van der Waals surface area contributed by atoms with Gasteiger partial charge in [0.25, 0.3) is 5.91 Å². The number of hydrogen-bond acceptors (Lipinski definition) is 3. The predicted octanol–water partition coefficient (Wildman–Crippen LogP) is 5.56. The zero-order valence-corrected chi connectivity index (χ0v) is 15.1. The van der Waals surface area contributed by atoms with Gasteiger partial charge in [0.05, 0.1) is 5.69 Å². The summed E-state index contributed by atoms with van der Waals surface area (Å²) in [5.74, 6) is 0.694. The van der Waals surface area contributed by atoms with Crippen LogP contribution in [0.5, 0.6) is 0 Å². The Bertz CT molecular complexity index is 945. The first-order chi connectivity index (χ1) is 12.2. The third-order valence-corrected chi connectivity index (χ3v) is 5.88. The standard InChI is InChI=1S/C20H15ClN2OS/c1-13-16(21)10-5-11-17(13)23-19-15(9-6-12-22-19)18(20(23)24)25-14-7-3-2-4-8-14/h2-12,18H,1H3.